The van der Waals surface area contributed by atoms with Gasteiger partial charge >= 0.3 is 5.97 Å². The number of aromatic amines is 1. The van der Waals surface area contributed by atoms with Crippen molar-refractivity contribution in [2.24, 2.45) is 0 Å². The van der Waals surface area contributed by atoms with Gasteiger partial charge in [-0.05, 0) is 18.9 Å². The Morgan fingerprint density at radius 2 is 2.17 bits per heavy atom. The van der Waals surface area contributed by atoms with E-state index >= 15 is 0 Å². The molecule has 1 aromatic heterocycles. The highest BCUT2D eigenvalue weighted by Crippen LogP contribution is 2.18. The largest absolute Gasteiger partial charge is 0.478 e. The number of H-pyrrole nitrogens is 1. The van der Waals surface area contributed by atoms with Crippen molar-refractivity contribution in [3.63, 3.8) is 0 Å². The maximum Gasteiger partial charge on any atom is 0.338 e. The zero-order valence-electron chi connectivity index (χ0n) is 9.61. The van der Waals surface area contributed by atoms with Crippen molar-refractivity contribution in [3.05, 3.63) is 29.3 Å². The standard InChI is InChI=1S/C12H13FN2O3/c13-8-6-10-9(5-7(8)12(17)18)14-11(15-10)3-1-2-4-16/h5-6,16H,1-4H2,(H,14,15)(H,17,18). The van der Waals surface area contributed by atoms with Gasteiger partial charge in [-0.2, -0.15) is 0 Å². The number of carboxylic acid groups (broad SMARTS) is 1. The number of fused-ring (bicyclic) bond motifs is 1. The van der Waals surface area contributed by atoms with Crippen molar-refractivity contribution in [1.82, 2.24) is 9.97 Å². The lowest BCUT2D eigenvalue weighted by molar-refractivity contribution is 0.0692. The first-order valence-electron chi connectivity index (χ1n) is 5.64. The number of aliphatic hydroxyl groups is 1. The molecule has 96 valence electrons. The number of aryl methyl sites for hydroxylation is 1. The summed E-state index contributed by atoms with van der Waals surface area (Å²) in [6.45, 7) is 0.123. The van der Waals surface area contributed by atoms with Gasteiger partial charge in [-0.3, -0.25) is 0 Å². The zero-order chi connectivity index (χ0) is 13.1. The van der Waals surface area contributed by atoms with Gasteiger partial charge in [0.25, 0.3) is 0 Å². The van der Waals surface area contributed by atoms with Gasteiger partial charge in [0.2, 0.25) is 0 Å². The molecule has 0 atom stereocenters. The number of hydrogen-bond donors (Lipinski definition) is 3. The van der Waals surface area contributed by atoms with E-state index in [0.717, 1.165) is 12.5 Å². The van der Waals surface area contributed by atoms with Crippen LogP contribution in [0.1, 0.15) is 29.0 Å². The van der Waals surface area contributed by atoms with E-state index in [1.54, 1.807) is 0 Å². The van der Waals surface area contributed by atoms with Crippen LogP contribution in [0.2, 0.25) is 0 Å². The van der Waals surface area contributed by atoms with E-state index in [-0.39, 0.29) is 12.2 Å². The summed E-state index contributed by atoms with van der Waals surface area (Å²) in [5.74, 6) is -1.42. The fourth-order valence-corrected chi connectivity index (χ4v) is 1.77. The molecule has 6 heteroatoms. The van der Waals surface area contributed by atoms with Crippen molar-refractivity contribution in [2.75, 3.05) is 6.61 Å². The van der Waals surface area contributed by atoms with E-state index in [2.05, 4.69) is 9.97 Å². The van der Waals surface area contributed by atoms with Crippen molar-refractivity contribution >= 4 is 17.0 Å². The summed E-state index contributed by atoms with van der Waals surface area (Å²) in [5.41, 5.74) is 0.542. The monoisotopic (exact) mass is 252 g/mol. The molecule has 0 amide bonds. The van der Waals surface area contributed by atoms with Gasteiger partial charge in [0.1, 0.15) is 11.6 Å². The van der Waals surface area contributed by atoms with Gasteiger partial charge in [-0.25, -0.2) is 14.2 Å². The molecular weight excluding hydrogens is 239 g/mol. The Labute approximate surface area is 102 Å². The second kappa shape index (κ2) is 5.14. The maximum absolute atomic E-state index is 13.4. The Bertz CT molecular complexity index is 580. The summed E-state index contributed by atoms with van der Waals surface area (Å²) in [5, 5.41) is 17.5. The SMILES string of the molecule is O=C(O)c1cc2nc(CCCCO)[nH]c2cc1F. The first-order valence-corrected chi connectivity index (χ1v) is 5.64. The first kappa shape index (κ1) is 12.5. The minimum atomic E-state index is -1.31. The molecule has 0 aliphatic heterocycles. The van der Waals surface area contributed by atoms with Crippen molar-refractivity contribution in [2.45, 2.75) is 19.3 Å². The number of carbonyl (C=O) groups is 1. The third-order valence-corrected chi connectivity index (χ3v) is 2.67. The van der Waals surface area contributed by atoms with Crippen LogP contribution < -0.4 is 0 Å². The van der Waals surface area contributed by atoms with Gasteiger partial charge in [0, 0.05) is 19.1 Å². The van der Waals surface area contributed by atoms with Crippen LogP contribution in [0.3, 0.4) is 0 Å². The zero-order valence-corrected chi connectivity index (χ0v) is 9.61. The topological polar surface area (TPSA) is 86.2 Å². The predicted molar refractivity (Wildman–Crippen MR) is 63.0 cm³/mol. The summed E-state index contributed by atoms with van der Waals surface area (Å²) >= 11 is 0. The summed E-state index contributed by atoms with van der Waals surface area (Å²) in [6, 6.07) is 2.36. The molecule has 1 aromatic carbocycles. The summed E-state index contributed by atoms with van der Waals surface area (Å²) in [7, 11) is 0. The summed E-state index contributed by atoms with van der Waals surface area (Å²) in [6.07, 6.45) is 2.08. The number of nitrogens with zero attached hydrogens (tertiary/aromatic N) is 1. The normalized spacial score (nSPS) is 11.0. The average molecular weight is 252 g/mol. The number of halogens is 1. The quantitative estimate of drug-likeness (QED) is 0.707. The van der Waals surface area contributed by atoms with Gasteiger partial charge in [-0.1, -0.05) is 0 Å². The Hall–Kier alpha value is -1.95. The molecule has 0 fully saturated rings. The maximum atomic E-state index is 13.4. The van der Waals surface area contributed by atoms with Crippen molar-refractivity contribution < 1.29 is 19.4 Å². The van der Waals surface area contributed by atoms with Crippen LogP contribution in [0.5, 0.6) is 0 Å². The van der Waals surface area contributed by atoms with E-state index in [1.165, 1.54) is 6.07 Å². The Morgan fingerprint density at radius 3 is 2.83 bits per heavy atom. The Kier molecular flexibility index (Phi) is 3.57. The molecule has 0 unspecified atom stereocenters. The van der Waals surface area contributed by atoms with Crippen LogP contribution in [0.15, 0.2) is 12.1 Å². The van der Waals surface area contributed by atoms with Crippen molar-refractivity contribution in [3.8, 4) is 0 Å². The molecule has 0 aliphatic rings. The number of nitrogens with one attached hydrogen (secondary N) is 1. The van der Waals surface area contributed by atoms with Crippen LogP contribution in [0.4, 0.5) is 4.39 Å². The molecule has 1 heterocycles. The van der Waals surface area contributed by atoms with E-state index in [1.807, 2.05) is 0 Å². The van der Waals surface area contributed by atoms with Crippen LogP contribution in [0.25, 0.3) is 11.0 Å². The molecular formula is C12H13FN2O3. The second-order valence-electron chi connectivity index (χ2n) is 4.02. The highest BCUT2D eigenvalue weighted by molar-refractivity contribution is 5.92. The fraction of sp³-hybridized carbons (Fsp3) is 0.333. The number of hydrogen-bond acceptors (Lipinski definition) is 3. The molecule has 0 radical (unpaired) electrons. The highest BCUT2D eigenvalue weighted by atomic mass is 19.1. The smallest absolute Gasteiger partial charge is 0.338 e. The van der Waals surface area contributed by atoms with Gasteiger partial charge in [-0.15, -0.1) is 0 Å². The molecule has 0 saturated carbocycles. The molecule has 0 aliphatic carbocycles. The van der Waals surface area contributed by atoms with Gasteiger partial charge < -0.3 is 15.2 Å². The summed E-state index contributed by atoms with van der Waals surface area (Å²) < 4.78 is 13.4. The lowest BCUT2D eigenvalue weighted by atomic mass is 10.2. The van der Waals surface area contributed by atoms with Crippen LogP contribution >= 0.6 is 0 Å². The predicted octanol–water partition coefficient (Wildman–Crippen LogP) is 1.72. The number of aromatic carboxylic acids is 1. The number of imidazole rings is 1. The lowest BCUT2D eigenvalue weighted by Crippen LogP contribution is -1.99. The van der Waals surface area contributed by atoms with Gasteiger partial charge in [0.05, 0.1) is 16.6 Å². The molecule has 2 aromatic rings. The Balaban J connectivity index is 2.30. The molecule has 2 rings (SSSR count). The number of aliphatic hydroxyl groups excluding tert-OH is 1. The van der Waals surface area contributed by atoms with Crippen LogP contribution in [-0.2, 0) is 6.42 Å². The number of unbranched alkanes of at least 4 members (excludes halogenated alkanes) is 1. The first-order chi connectivity index (χ1) is 8.61. The number of aromatic nitrogens is 2. The van der Waals surface area contributed by atoms with Crippen LogP contribution in [0, 0.1) is 5.82 Å². The second-order valence-corrected chi connectivity index (χ2v) is 4.02. The van der Waals surface area contributed by atoms with Crippen molar-refractivity contribution in [1.29, 1.82) is 0 Å². The number of benzene rings is 1. The van der Waals surface area contributed by atoms with Gasteiger partial charge in [0.15, 0.2) is 0 Å². The Morgan fingerprint density at radius 1 is 1.39 bits per heavy atom. The third-order valence-electron chi connectivity index (χ3n) is 2.67. The number of rotatable bonds is 5. The van der Waals surface area contributed by atoms with E-state index in [4.69, 9.17) is 10.2 Å². The van der Waals surface area contributed by atoms with E-state index in [9.17, 15) is 9.18 Å². The lowest BCUT2D eigenvalue weighted by Gasteiger charge is -1.96. The summed E-state index contributed by atoms with van der Waals surface area (Å²) in [4.78, 5) is 17.9. The molecule has 0 bridgehead atoms. The number of carboxylic acids is 1. The molecule has 3 N–H and O–H groups in total. The van der Waals surface area contributed by atoms with Crippen LogP contribution in [-0.4, -0.2) is 32.8 Å². The molecule has 18 heavy (non-hydrogen) atoms. The minimum absolute atomic E-state index is 0.123. The average Bonchev–Trinajstić information content (AvgIpc) is 2.69. The molecule has 5 nitrogen and oxygen atoms in total. The van der Waals surface area contributed by atoms with E-state index in [0.29, 0.717) is 29.7 Å². The third kappa shape index (κ3) is 2.48. The minimum Gasteiger partial charge on any atom is -0.478 e. The highest BCUT2D eigenvalue weighted by Gasteiger charge is 2.13. The van der Waals surface area contributed by atoms with E-state index < -0.39 is 11.8 Å². The fourth-order valence-electron chi connectivity index (χ4n) is 1.77. The molecule has 0 saturated heterocycles. The molecule has 0 spiro atoms.